The van der Waals surface area contributed by atoms with Crippen molar-refractivity contribution in [3.8, 4) is 12.3 Å². The molecule has 0 aliphatic carbocycles. The van der Waals surface area contributed by atoms with Crippen LogP contribution in [0.4, 0.5) is 13.2 Å². The van der Waals surface area contributed by atoms with E-state index in [4.69, 9.17) is 6.42 Å². The van der Waals surface area contributed by atoms with Crippen LogP contribution in [0.25, 0.3) is 0 Å². The quantitative estimate of drug-likeness (QED) is 0.431. The van der Waals surface area contributed by atoms with Crippen LogP contribution in [-0.2, 0) is 0 Å². The first-order valence-electron chi connectivity index (χ1n) is 3.76. The second-order valence-corrected chi connectivity index (χ2v) is 1.90. The topological polar surface area (TPSA) is 0 Å². The Labute approximate surface area is 75.4 Å². The van der Waals surface area contributed by atoms with Crippen molar-refractivity contribution < 1.29 is 13.2 Å². The number of benzene rings is 1. The van der Waals surface area contributed by atoms with E-state index in [9.17, 15) is 13.2 Å². The second-order valence-electron chi connectivity index (χ2n) is 1.90. The minimum atomic E-state index is -1.50. The first-order valence-corrected chi connectivity index (χ1v) is 3.76. The molecule has 0 aliphatic heterocycles. The second kappa shape index (κ2) is 5.26. The van der Waals surface area contributed by atoms with Crippen LogP contribution in [0.5, 0.6) is 0 Å². The van der Waals surface area contributed by atoms with Crippen LogP contribution >= 0.6 is 0 Å². The Morgan fingerprint density at radius 1 is 1.08 bits per heavy atom. The van der Waals surface area contributed by atoms with Crippen molar-refractivity contribution in [2.45, 2.75) is 13.8 Å². The van der Waals surface area contributed by atoms with Crippen LogP contribution in [0.15, 0.2) is 12.1 Å². The summed E-state index contributed by atoms with van der Waals surface area (Å²) in [5.74, 6) is -2.04. The Kier molecular flexibility index (Phi) is 4.68. The van der Waals surface area contributed by atoms with E-state index in [1.54, 1.807) is 0 Å². The molecule has 0 N–H and O–H groups in total. The molecule has 0 saturated carbocycles. The first-order chi connectivity index (χ1) is 6.15. The lowest BCUT2D eigenvalue weighted by Crippen LogP contribution is -1.91. The fourth-order valence-electron chi connectivity index (χ4n) is 0.639. The maximum atomic E-state index is 12.3. The van der Waals surface area contributed by atoms with Crippen molar-refractivity contribution in [2.75, 3.05) is 0 Å². The van der Waals surface area contributed by atoms with Crippen LogP contribution in [0.1, 0.15) is 19.4 Å². The molecule has 0 bridgehead atoms. The summed E-state index contributed by atoms with van der Waals surface area (Å²) in [6.45, 7) is 4.00. The molecule has 0 fully saturated rings. The van der Waals surface area contributed by atoms with Crippen molar-refractivity contribution in [3.05, 3.63) is 35.1 Å². The maximum absolute atomic E-state index is 12.3. The van der Waals surface area contributed by atoms with Crippen LogP contribution < -0.4 is 0 Å². The summed E-state index contributed by atoms with van der Waals surface area (Å²) < 4.78 is 36.9. The lowest BCUT2D eigenvalue weighted by Gasteiger charge is -1.94. The SMILES string of the molecule is C#Cc1cc(F)c(F)c(F)c1.CC. The van der Waals surface area contributed by atoms with Gasteiger partial charge in [0.1, 0.15) is 0 Å². The molecule has 0 amide bonds. The van der Waals surface area contributed by atoms with Gasteiger partial charge in [-0.1, -0.05) is 19.8 Å². The summed E-state index contributed by atoms with van der Waals surface area (Å²) in [6.07, 6.45) is 4.83. The fraction of sp³-hybridized carbons (Fsp3) is 0.200. The lowest BCUT2D eigenvalue weighted by molar-refractivity contribution is 0.446. The summed E-state index contributed by atoms with van der Waals surface area (Å²) in [6, 6.07) is 1.52. The first kappa shape index (κ1) is 11.6. The average Bonchev–Trinajstić information content (AvgIpc) is 2.16. The molecule has 0 aliphatic rings. The molecule has 1 aromatic carbocycles. The third kappa shape index (κ3) is 2.83. The standard InChI is InChI=1S/C8H3F3.C2H6/c1-2-5-3-6(9)8(11)7(10)4-5;1-2/h1,3-4H;1-2H3. The van der Waals surface area contributed by atoms with Gasteiger partial charge in [-0.25, -0.2) is 13.2 Å². The largest absolute Gasteiger partial charge is 0.204 e. The van der Waals surface area contributed by atoms with Crippen molar-refractivity contribution in [3.63, 3.8) is 0 Å². The zero-order valence-corrected chi connectivity index (χ0v) is 7.37. The molecule has 70 valence electrons. The monoisotopic (exact) mass is 186 g/mol. The Hall–Kier alpha value is -1.43. The molecule has 0 radical (unpaired) electrons. The highest BCUT2D eigenvalue weighted by atomic mass is 19.2. The highest BCUT2D eigenvalue weighted by Crippen LogP contribution is 2.12. The highest BCUT2D eigenvalue weighted by molar-refractivity contribution is 5.33. The zero-order chi connectivity index (χ0) is 10.4. The predicted molar refractivity (Wildman–Crippen MR) is 45.6 cm³/mol. The van der Waals surface area contributed by atoms with Crippen molar-refractivity contribution in [2.24, 2.45) is 0 Å². The molecule has 13 heavy (non-hydrogen) atoms. The van der Waals surface area contributed by atoms with E-state index in [2.05, 4.69) is 0 Å². The molecule has 0 aromatic heterocycles. The van der Waals surface area contributed by atoms with Gasteiger partial charge in [-0.05, 0) is 12.1 Å². The average molecular weight is 186 g/mol. The van der Waals surface area contributed by atoms with E-state index in [0.717, 1.165) is 12.1 Å². The Morgan fingerprint density at radius 2 is 1.46 bits per heavy atom. The Bertz CT molecular complexity index is 300. The van der Waals surface area contributed by atoms with Crippen molar-refractivity contribution in [1.82, 2.24) is 0 Å². The van der Waals surface area contributed by atoms with Gasteiger partial charge in [0.05, 0.1) is 0 Å². The van der Waals surface area contributed by atoms with Gasteiger partial charge >= 0.3 is 0 Å². The van der Waals surface area contributed by atoms with Gasteiger partial charge in [-0.2, -0.15) is 0 Å². The Balaban J connectivity index is 0.000000671. The number of hydrogen-bond acceptors (Lipinski definition) is 0. The van der Waals surface area contributed by atoms with E-state index >= 15 is 0 Å². The van der Waals surface area contributed by atoms with Gasteiger partial charge in [-0.15, -0.1) is 6.42 Å². The van der Waals surface area contributed by atoms with Crippen LogP contribution in [0.3, 0.4) is 0 Å². The molecule has 0 unspecified atom stereocenters. The van der Waals surface area contributed by atoms with Crippen molar-refractivity contribution >= 4 is 0 Å². The van der Waals surface area contributed by atoms with Crippen molar-refractivity contribution in [1.29, 1.82) is 0 Å². The molecule has 0 heterocycles. The Morgan fingerprint density at radius 3 is 1.77 bits per heavy atom. The number of terminal acetylenes is 1. The molecule has 1 rings (SSSR count). The smallest absolute Gasteiger partial charge is 0.194 e. The summed E-state index contributed by atoms with van der Waals surface area (Å²) in [7, 11) is 0. The highest BCUT2D eigenvalue weighted by Gasteiger charge is 2.08. The number of hydrogen-bond donors (Lipinski definition) is 0. The van der Waals surface area contributed by atoms with Gasteiger partial charge in [0.15, 0.2) is 17.5 Å². The van der Waals surface area contributed by atoms with Crippen LogP contribution in [-0.4, -0.2) is 0 Å². The maximum Gasteiger partial charge on any atom is 0.194 e. The minimum absolute atomic E-state index is 0.0126. The summed E-state index contributed by atoms with van der Waals surface area (Å²) in [5.41, 5.74) is -0.0126. The predicted octanol–water partition coefficient (Wildman–Crippen LogP) is 3.11. The van der Waals surface area contributed by atoms with E-state index in [0.29, 0.717) is 0 Å². The molecule has 0 nitrogen and oxygen atoms in total. The molecular formula is C10H9F3. The van der Waals surface area contributed by atoms with Gasteiger partial charge in [0.25, 0.3) is 0 Å². The van der Waals surface area contributed by atoms with Crippen LogP contribution in [0.2, 0.25) is 0 Å². The third-order valence-electron chi connectivity index (χ3n) is 1.15. The van der Waals surface area contributed by atoms with Gasteiger partial charge in [0, 0.05) is 5.56 Å². The van der Waals surface area contributed by atoms with Gasteiger partial charge < -0.3 is 0 Å². The normalized spacial score (nSPS) is 8.31. The summed E-state index contributed by atoms with van der Waals surface area (Å²) in [4.78, 5) is 0. The van der Waals surface area contributed by atoms with Gasteiger partial charge in [-0.3, -0.25) is 0 Å². The molecule has 1 aromatic rings. The van der Waals surface area contributed by atoms with Gasteiger partial charge in [0.2, 0.25) is 0 Å². The molecule has 3 heteroatoms. The van der Waals surface area contributed by atoms with E-state index in [-0.39, 0.29) is 5.56 Å². The van der Waals surface area contributed by atoms with E-state index in [1.165, 1.54) is 0 Å². The fourth-order valence-corrected chi connectivity index (χ4v) is 0.639. The molecule has 0 atom stereocenters. The lowest BCUT2D eigenvalue weighted by atomic mass is 10.2. The van der Waals surface area contributed by atoms with E-state index in [1.807, 2.05) is 19.8 Å². The summed E-state index contributed by atoms with van der Waals surface area (Å²) in [5, 5.41) is 0. The molecular weight excluding hydrogens is 177 g/mol. The summed E-state index contributed by atoms with van der Waals surface area (Å²) >= 11 is 0. The third-order valence-corrected chi connectivity index (χ3v) is 1.15. The molecule has 0 saturated heterocycles. The minimum Gasteiger partial charge on any atom is -0.204 e. The zero-order valence-electron chi connectivity index (χ0n) is 7.37. The number of halogens is 3. The number of rotatable bonds is 0. The van der Waals surface area contributed by atoms with E-state index < -0.39 is 17.5 Å². The molecule has 0 spiro atoms. The van der Waals surface area contributed by atoms with Crippen LogP contribution in [0, 0.1) is 29.8 Å².